The minimum Gasteiger partial charge on any atom is -0.381 e. The van der Waals surface area contributed by atoms with Crippen molar-refractivity contribution in [1.29, 1.82) is 0 Å². The molecule has 0 saturated heterocycles. The lowest BCUT2D eigenvalue weighted by Gasteiger charge is -2.26. The maximum atomic E-state index is 5.80. The highest BCUT2D eigenvalue weighted by Crippen LogP contribution is 2.44. The van der Waals surface area contributed by atoms with E-state index in [2.05, 4.69) is 15.0 Å². The molecule has 2 saturated carbocycles. The Bertz CT molecular complexity index is 322. The van der Waals surface area contributed by atoms with Gasteiger partial charge < -0.3 is 5.73 Å². The first-order chi connectivity index (χ1) is 6.36. The number of nitrogens with zero attached hydrogens (tertiary/aromatic N) is 3. The largest absolute Gasteiger partial charge is 0.381 e. The Labute approximate surface area is 77.1 Å². The van der Waals surface area contributed by atoms with Crippen molar-refractivity contribution in [2.75, 3.05) is 5.73 Å². The topological polar surface area (TPSA) is 56.7 Å². The fraction of sp³-hybridized carbons (Fsp3) is 0.778. The van der Waals surface area contributed by atoms with Gasteiger partial charge in [-0.15, -0.1) is 5.10 Å². The smallest absolute Gasteiger partial charge is 0.169 e. The second-order valence-corrected chi connectivity index (χ2v) is 4.16. The minimum absolute atomic E-state index is 0.598. The van der Waals surface area contributed by atoms with E-state index in [0.717, 1.165) is 0 Å². The van der Waals surface area contributed by atoms with E-state index in [0.29, 0.717) is 17.8 Å². The highest BCUT2D eigenvalue weighted by atomic mass is 15.5. The summed E-state index contributed by atoms with van der Waals surface area (Å²) in [4.78, 5) is 0. The average Bonchev–Trinajstić information content (AvgIpc) is 2.76. The zero-order valence-electron chi connectivity index (χ0n) is 7.61. The van der Waals surface area contributed by atoms with E-state index in [1.165, 1.54) is 37.8 Å². The standard InChI is InChI=1S/C9H14N4/c10-9-8(6-4-5-6)13(12-11-9)7-2-1-3-7/h6-7H,1-5,10H2. The number of nitrogen functional groups attached to an aromatic ring is 1. The van der Waals surface area contributed by atoms with Crippen LogP contribution in [-0.2, 0) is 0 Å². The highest BCUT2D eigenvalue weighted by molar-refractivity contribution is 5.38. The predicted molar refractivity (Wildman–Crippen MR) is 49.3 cm³/mol. The molecule has 2 aliphatic carbocycles. The third kappa shape index (κ3) is 1.04. The molecule has 1 heterocycles. The van der Waals surface area contributed by atoms with Crippen LogP contribution in [0.2, 0.25) is 0 Å². The van der Waals surface area contributed by atoms with Gasteiger partial charge in [-0.25, -0.2) is 4.68 Å². The van der Waals surface area contributed by atoms with Crippen LogP contribution in [0.5, 0.6) is 0 Å². The van der Waals surface area contributed by atoms with E-state index in [-0.39, 0.29) is 0 Å². The maximum Gasteiger partial charge on any atom is 0.169 e. The van der Waals surface area contributed by atoms with Gasteiger partial charge in [0.05, 0.1) is 11.7 Å². The van der Waals surface area contributed by atoms with Crippen molar-refractivity contribution in [2.24, 2.45) is 0 Å². The molecule has 4 nitrogen and oxygen atoms in total. The van der Waals surface area contributed by atoms with Crippen molar-refractivity contribution in [3.8, 4) is 0 Å². The van der Waals surface area contributed by atoms with Gasteiger partial charge in [0.15, 0.2) is 5.82 Å². The normalized spacial score (nSPS) is 23.1. The first-order valence-corrected chi connectivity index (χ1v) is 5.07. The van der Waals surface area contributed by atoms with Gasteiger partial charge in [0.25, 0.3) is 0 Å². The maximum absolute atomic E-state index is 5.80. The Morgan fingerprint density at radius 2 is 2.00 bits per heavy atom. The Hall–Kier alpha value is -1.06. The number of aromatic nitrogens is 3. The van der Waals surface area contributed by atoms with E-state index in [1.807, 2.05) is 0 Å². The van der Waals surface area contributed by atoms with E-state index >= 15 is 0 Å². The van der Waals surface area contributed by atoms with Gasteiger partial charge in [-0.05, 0) is 32.1 Å². The van der Waals surface area contributed by atoms with E-state index < -0.39 is 0 Å². The fourth-order valence-electron chi connectivity index (χ4n) is 1.97. The van der Waals surface area contributed by atoms with Crippen LogP contribution >= 0.6 is 0 Å². The predicted octanol–water partition coefficient (Wildman–Crippen LogP) is 1.46. The Kier molecular flexibility index (Phi) is 1.39. The van der Waals surface area contributed by atoms with Crippen molar-refractivity contribution in [1.82, 2.24) is 15.0 Å². The minimum atomic E-state index is 0.598. The lowest BCUT2D eigenvalue weighted by molar-refractivity contribution is 0.277. The number of anilines is 1. The van der Waals surface area contributed by atoms with Crippen LogP contribution in [0.1, 0.15) is 49.8 Å². The van der Waals surface area contributed by atoms with Gasteiger partial charge in [0.2, 0.25) is 0 Å². The molecule has 2 fully saturated rings. The number of hydrogen-bond donors (Lipinski definition) is 1. The highest BCUT2D eigenvalue weighted by Gasteiger charge is 2.34. The second-order valence-electron chi connectivity index (χ2n) is 4.16. The Morgan fingerprint density at radius 3 is 2.54 bits per heavy atom. The summed E-state index contributed by atoms with van der Waals surface area (Å²) in [5, 5.41) is 8.11. The zero-order chi connectivity index (χ0) is 8.84. The molecule has 0 spiro atoms. The molecule has 0 aromatic carbocycles. The molecule has 1 aromatic rings. The molecule has 4 heteroatoms. The van der Waals surface area contributed by atoms with Crippen LogP contribution in [0.3, 0.4) is 0 Å². The van der Waals surface area contributed by atoms with Crippen LogP contribution in [0.4, 0.5) is 5.82 Å². The summed E-state index contributed by atoms with van der Waals surface area (Å²) in [5.74, 6) is 1.32. The number of rotatable bonds is 2. The summed E-state index contributed by atoms with van der Waals surface area (Å²) in [6.45, 7) is 0. The van der Waals surface area contributed by atoms with Gasteiger partial charge in [0, 0.05) is 5.92 Å². The van der Waals surface area contributed by atoms with Gasteiger partial charge in [-0.2, -0.15) is 0 Å². The van der Waals surface area contributed by atoms with E-state index in [1.54, 1.807) is 0 Å². The lowest BCUT2D eigenvalue weighted by Crippen LogP contribution is -2.20. The molecule has 13 heavy (non-hydrogen) atoms. The fourth-order valence-corrected chi connectivity index (χ4v) is 1.97. The third-order valence-electron chi connectivity index (χ3n) is 3.14. The first-order valence-electron chi connectivity index (χ1n) is 5.07. The molecule has 1 aromatic heterocycles. The molecule has 0 bridgehead atoms. The lowest BCUT2D eigenvalue weighted by atomic mass is 9.93. The first kappa shape index (κ1) is 7.35. The van der Waals surface area contributed by atoms with Crippen molar-refractivity contribution >= 4 is 5.82 Å². The molecule has 0 unspecified atom stereocenters. The van der Waals surface area contributed by atoms with Gasteiger partial charge in [0.1, 0.15) is 0 Å². The molecular weight excluding hydrogens is 164 g/mol. The molecule has 2 aliphatic rings. The summed E-state index contributed by atoms with van der Waals surface area (Å²) in [5.41, 5.74) is 7.02. The Balaban J connectivity index is 1.97. The summed E-state index contributed by atoms with van der Waals surface area (Å²) in [7, 11) is 0. The van der Waals surface area contributed by atoms with Crippen molar-refractivity contribution in [3.05, 3.63) is 5.69 Å². The molecule has 0 aliphatic heterocycles. The zero-order valence-corrected chi connectivity index (χ0v) is 7.61. The van der Waals surface area contributed by atoms with Crippen molar-refractivity contribution in [2.45, 2.75) is 44.1 Å². The summed E-state index contributed by atoms with van der Waals surface area (Å²) in [6, 6.07) is 0.598. The molecular formula is C9H14N4. The molecule has 0 amide bonds. The summed E-state index contributed by atoms with van der Waals surface area (Å²) >= 11 is 0. The molecule has 2 N–H and O–H groups in total. The van der Waals surface area contributed by atoms with E-state index in [9.17, 15) is 0 Å². The third-order valence-corrected chi connectivity index (χ3v) is 3.14. The van der Waals surface area contributed by atoms with Gasteiger partial charge in [-0.1, -0.05) is 5.21 Å². The number of hydrogen-bond acceptors (Lipinski definition) is 3. The van der Waals surface area contributed by atoms with Gasteiger partial charge >= 0.3 is 0 Å². The molecule has 70 valence electrons. The molecule has 0 atom stereocenters. The van der Waals surface area contributed by atoms with Crippen LogP contribution in [0.15, 0.2) is 0 Å². The Morgan fingerprint density at radius 1 is 1.23 bits per heavy atom. The summed E-state index contributed by atoms with van der Waals surface area (Å²) in [6.07, 6.45) is 6.37. The summed E-state index contributed by atoms with van der Waals surface area (Å²) < 4.78 is 2.08. The monoisotopic (exact) mass is 178 g/mol. The van der Waals surface area contributed by atoms with E-state index in [4.69, 9.17) is 5.73 Å². The molecule has 0 radical (unpaired) electrons. The van der Waals surface area contributed by atoms with Crippen LogP contribution in [0, 0.1) is 0 Å². The quantitative estimate of drug-likeness (QED) is 0.746. The van der Waals surface area contributed by atoms with Crippen LogP contribution in [0.25, 0.3) is 0 Å². The van der Waals surface area contributed by atoms with Crippen LogP contribution < -0.4 is 5.73 Å². The van der Waals surface area contributed by atoms with Crippen LogP contribution in [-0.4, -0.2) is 15.0 Å². The van der Waals surface area contributed by atoms with Crippen molar-refractivity contribution in [3.63, 3.8) is 0 Å². The average molecular weight is 178 g/mol. The number of nitrogens with two attached hydrogens (primary N) is 1. The SMILES string of the molecule is Nc1nnn(C2CCC2)c1C1CC1. The molecule has 3 rings (SSSR count). The van der Waals surface area contributed by atoms with Gasteiger partial charge in [-0.3, -0.25) is 0 Å². The second kappa shape index (κ2) is 2.47. The van der Waals surface area contributed by atoms with Crippen molar-refractivity contribution < 1.29 is 0 Å².